The monoisotopic (exact) mass is 337 g/mol. The van der Waals surface area contributed by atoms with E-state index in [1.54, 1.807) is 0 Å². The van der Waals surface area contributed by atoms with Crippen molar-refractivity contribution in [3.8, 4) is 0 Å². The van der Waals surface area contributed by atoms with Crippen LogP contribution in [0.15, 0.2) is 22.7 Å². The fraction of sp³-hybridized carbons (Fsp3) is 0.273. The first kappa shape index (κ1) is 15.5. The minimum absolute atomic E-state index is 0.0176. The molecule has 1 atom stereocenters. The molecule has 1 aromatic carbocycles. The molecule has 1 aromatic rings. The lowest BCUT2D eigenvalue weighted by Gasteiger charge is -2.11. The quantitative estimate of drug-likeness (QED) is 0.760. The van der Waals surface area contributed by atoms with Crippen LogP contribution in [0.25, 0.3) is 0 Å². The molecule has 0 saturated carbocycles. The van der Waals surface area contributed by atoms with Crippen molar-refractivity contribution in [2.24, 2.45) is 0 Å². The zero-order chi connectivity index (χ0) is 14.6. The largest absolute Gasteiger partial charge is 0.478 e. The van der Waals surface area contributed by atoms with E-state index in [0.717, 1.165) is 0 Å². The Kier molecular flexibility index (Phi) is 5.37. The number of rotatable bonds is 5. The van der Waals surface area contributed by atoms with Gasteiger partial charge in [0.1, 0.15) is 6.10 Å². The van der Waals surface area contributed by atoms with Gasteiger partial charge in [-0.1, -0.05) is 0 Å². The summed E-state index contributed by atoms with van der Waals surface area (Å²) in [6, 6.07) is 3.68. The maximum atomic E-state index is 12.0. The zero-order valence-corrected chi connectivity index (χ0v) is 11.0. The first-order valence-electron chi connectivity index (χ1n) is 5.10. The molecule has 0 saturated heterocycles. The van der Waals surface area contributed by atoms with E-state index in [1.165, 1.54) is 18.2 Å². The van der Waals surface area contributed by atoms with E-state index in [1.807, 2.05) is 0 Å². The second-order valence-corrected chi connectivity index (χ2v) is 4.47. The predicted molar refractivity (Wildman–Crippen MR) is 65.4 cm³/mol. The van der Waals surface area contributed by atoms with Crippen LogP contribution in [0.2, 0.25) is 0 Å². The molecule has 0 aromatic heterocycles. The van der Waals surface area contributed by atoms with Crippen molar-refractivity contribution < 1.29 is 28.6 Å². The van der Waals surface area contributed by atoms with Crippen molar-refractivity contribution in [3.63, 3.8) is 0 Å². The molecule has 0 fully saturated rings. The first-order valence-corrected chi connectivity index (χ1v) is 5.89. The van der Waals surface area contributed by atoms with Crippen LogP contribution in [0.1, 0.15) is 20.7 Å². The first-order chi connectivity index (χ1) is 8.82. The number of aliphatic hydroxyl groups excluding tert-OH is 1. The predicted octanol–water partition coefficient (Wildman–Crippen LogP) is 1.50. The van der Waals surface area contributed by atoms with Crippen molar-refractivity contribution >= 4 is 27.8 Å². The second-order valence-electron chi connectivity index (χ2n) is 3.61. The Morgan fingerprint density at radius 1 is 1.37 bits per heavy atom. The van der Waals surface area contributed by atoms with E-state index in [0.29, 0.717) is 0 Å². The van der Waals surface area contributed by atoms with Crippen LogP contribution in [0.4, 0.5) is 8.78 Å². The smallest absolute Gasteiger partial charge is 0.335 e. The molecule has 5 nitrogen and oxygen atoms in total. The normalized spacial score (nSPS) is 12.3. The van der Waals surface area contributed by atoms with Crippen LogP contribution in [0.5, 0.6) is 0 Å². The molecule has 1 amide bonds. The van der Waals surface area contributed by atoms with Gasteiger partial charge in [-0.15, -0.1) is 0 Å². The standard InChI is InChI=1S/C11H10BrF2NO4/c12-7-3-5(11(18)19)1-2-6(7)10(17)15-4-8(16)9(13)14/h1-3,8-9,16H,4H2,(H,15,17)(H,18,19). The van der Waals surface area contributed by atoms with Crippen molar-refractivity contribution in [1.29, 1.82) is 0 Å². The van der Waals surface area contributed by atoms with E-state index in [4.69, 9.17) is 10.2 Å². The van der Waals surface area contributed by atoms with Gasteiger partial charge in [-0.25, -0.2) is 13.6 Å². The summed E-state index contributed by atoms with van der Waals surface area (Å²) < 4.78 is 24.3. The van der Waals surface area contributed by atoms with Gasteiger partial charge in [0.15, 0.2) is 0 Å². The fourth-order valence-corrected chi connectivity index (χ4v) is 1.77. The highest BCUT2D eigenvalue weighted by atomic mass is 79.9. The summed E-state index contributed by atoms with van der Waals surface area (Å²) in [4.78, 5) is 22.3. The van der Waals surface area contributed by atoms with Crippen molar-refractivity contribution in [2.75, 3.05) is 6.54 Å². The molecule has 104 valence electrons. The summed E-state index contributed by atoms with van der Waals surface area (Å²) in [5, 5.41) is 19.7. The molecule has 0 bridgehead atoms. The Labute approximate surface area is 115 Å². The number of carboxylic acids is 1. The average Bonchev–Trinajstić information content (AvgIpc) is 2.34. The number of carbonyl (C=O) groups excluding carboxylic acids is 1. The third-order valence-electron chi connectivity index (χ3n) is 2.22. The highest BCUT2D eigenvalue weighted by Crippen LogP contribution is 2.18. The minimum atomic E-state index is -2.95. The van der Waals surface area contributed by atoms with Crippen LogP contribution in [-0.2, 0) is 0 Å². The van der Waals surface area contributed by atoms with Crippen molar-refractivity contribution in [1.82, 2.24) is 5.32 Å². The number of aliphatic hydroxyl groups is 1. The minimum Gasteiger partial charge on any atom is -0.478 e. The summed E-state index contributed by atoms with van der Waals surface area (Å²) in [7, 11) is 0. The summed E-state index contributed by atoms with van der Waals surface area (Å²) in [5.41, 5.74) is 0.0718. The van der Waals surface area contributed by atoms with E-state index in [2.05, 4.69) is 21.2 Å². The Balaban J connectivity index is 2.75. The lowest BCUT2D eigenvalue weighted by Crippen LogP contribution is -2.36. The number of carboxylic acid groups (broad SMARTS) is 1. The molecular weight excluding hydrogens is 328 g/mol. The highest BCUT2D eigenvalue weighted by Gasteiger charge is 2.19. The maximum Gasteiger partial charge on any atom is 0.335 e. The summed E-state index contributed by atoms with van der Waals surface area (Å²) in [6.45, 7) is -0.594. The molecule has 0 aliphatic rings. The van der Waals surface area contributed by atoms with Crippen LogP contribution < -0.4 is 5.32 Å². The molecular formula is C11H10BrF2NO4. The van der Waals surface area contributed by atoms with E-state index in [9.17, 15) is 18.4 Å². The third-order valence-corrected chi connectivity index (χ3v) is 2.88. The number of aromatic carboxylic acids is 1. The Hall–Kier alpha value is -1.54. The number of hydrogen-bond acceptors (Lipinski definition) is 3. The molecule has 0 aliphatic carbocycles. The molecule has 19 heavy (non-hydrogen) atoms. The molecule has 0 aliphatic heterocycles. The highest BCUT2D eigenvalue weighted by molar-refractivity contribution is 9.10. The Bertz CT molecular complexity index is 496. The van der Waals surface area contributed by atoms with Crippen LogP contribution in [0.3, 0.4) is 0 Å². The lowest BCUT2D eigenvalue weighted by atomic mass is 10.1. The summed E-state index contributed by atoms with van der Waals surface area (Å²) in [6.07, 6.45) is -4.89. The van der Waals surface area contributed by atoms with Crippen LogP contribution >= 0.6 is 15.9 Å². The molecule has 1 unspecified atom stereocenters. The van der Waals surface area contributed by atoms with Gasteiger partial charge >= 0.3 is 5.97 Å². The van der Waals surface area contributed by atoms with E-state index < -0.39 is 31.0 Å². The van der Waals surface area contributed by atoms with Crippen molar-refractivity contribution in [3.05, 3.63) is 33.8 Å². The average molecular weight is 338 g/mol. The maximum absolute atomic E-state index is 12.0. The van der Waals surface area contributed by atoms with Gasteiger partial charge in [0, 0.05) is 11.0 Å². The van der Waals surface area contributed by atoms with Crippen LogP contribution in [0, 0.1) is 0 Å². The second kappa shape index (κ2) is 6.58. The number of alkyl halides is 2. The number of hydrogen-bond donors (Lipinski definition) is 3. The van der Waals surface area contributed by atoms with Gasteiger partial charge < -0.3 is 15.5 Å². The number of halogens is 3. The number of nitrogens with one attached hydrogen (secondary N) is 1. The fourth-order valence-electron chi connectivity index (χ4n) is 1.21. The molecule has 1 rings (SSSR count). The third kappa shape index (κ3) is 4.25. The molecule has 0 heterocycles. The van der Waals surface area contributed by atoms with Crippen LogP contribution in [-0.4, -0.2) is 41.2 Å². The zero-order valence-electron chi connectivity index (χ0n) is 9.44. The van der Waals surface area contributed by atoms with Gasteiger partial charge in [-0.05, 0) is 34.1 Å². The lowest BCUT2D eigenvalue weighted by molar-refractivity contribution is -0.00270. The SMILES string of the molecule is O=C(O)c1ccc(C(=O)NCC(O)C(F)F)c(Br)c1. The van der Waals surface area contributed by atoms with E-state index in [-0.39, 0.29) is 15.6 Å². The number of carbonyl (C=O) groups is 2. The number of benzene rings is 1. The molecule has 0 radical (unpaired) electrons. The molecule has 8 heteroatoms. The van der Waals surface area contributed by atoms with E-state index >= 15 is 0 Å². The van der Waals surface area contributed by atoms with Gasteiger partial charge in [0.25, 0.3) is 12.3 Å². The summed E-state index contributed by atoms with van der Waals surface area (Å²) in [5.74, 6) is -1.84. The topological polar surface area (TPSA) is 86.6 Å². The summed E-state index contributed by atoms with van der Waals surface area (Å²) >= 11 is 3.02. The van der Waals surface area contributed by atoms with Crippen molar-refractivity contribution in [2.45, 2.75) is 12.5 Å². The van der Waals surface area contributed by atoms with Gasteiger partial charge in [0.05, 0.1) is 11.1 Å². The molecule has 3 N–H and O–H groups in total. The Morgan fingerprint density at radius 3 is 2.47 bits per heavy atom. The molecule has 0 spiro atoms. The van der Waals surface area contributed by atoms with Gasteiger partial charge in [-0.2, -0.15) is 0 Å². The van der Waals surface area contributed by atoms with Gasteiger partial charge in [-0.3, -0.25) is 4.79 Å². The van der Waals surface area contributed by atoms with Gasteiger partial charge in [0.2, 0.25) is 0 Å². The Morgan fingerprint density at radius 2 is 2.00 bits per heavy atom. The number of amides is 1.